The van der Waals surface area contributed by atoms with E-state index in [-0.39, 0.29) is 11.6 Å². The number of aromatic amines is 2. The number of benzene rings is 3. The number of nitrogen functional groups attached to an aromatic ring is 1. The Morgan fingerprint density at radius 3 is 2.49 bits per heavy atom. The first kappa shape index (κ1) is 23.2. The molecular formula is C30H27N7O2. The Labute approximate surface area is 224 Å². The summed E-state index contributed by atoms with van der Waals surface area (Å²) < 4.78 is 7.03. The van der Waals surface area contributed by atoms with Crippen LogP contribution in [0.5, 0.6) is 0 Å². The summed E-state index contributed by atoms with van der Waals surface area (Å²) in [7, 11) is 0. The molecule has 1 aliphatic rings. The first-order chi connectivity index (χ1) is 19.0. The van der Waals surface area contributed by atoms with Crippen molar-refractivity contribution in [2.75, 3.05) is 36.9 Å². The minimum Gasteiger partial charge on any atom is -0.383 e. The second-order valence-electron chi connectivity index (χ2n) is 9.84. The number of ketones is 1. The Morgan fingerprint density at radius 2 is 1.67 bits per heavy atom. The standard InChI is InChI=1S/C30H27N7O2/c1-18-33-25-9-8-23(16-27(25)34-18)37-30(31)24(17-32-37)29(38)28-15-21-3-2-20(14-26(21)35-28)19-4-6-22(7-5-19)36-10-12-39-13-11-36/h2-9,14-17,35H,10-13,31H2,1H3,(H,33,34). The van der Waals surface area contributed by atoms with E-state index in [1.807, 2.05) is 37.3 Å². The number of nitrogens with one attached hydrogen (secondary N) is 2. The zero-order valence-corrected chi connectivity index (χ0v) is 21.4. The molecule has 6 aromatic rings. The predicted octanol–water partition coefficient (Wildman–Crippen LogP) is 4.86. The van der Waals surface area contributed by atoms with Gasteiger partial charge >= 0.3 is 0 Å². The van der Waals surface area contributed by atoms with E-state index in [2.05, 4.69) is 61.3 Å². The number of aryl methyl sites for hydroxylation is 1. The maximum atomic E-state index is 13.4. The van der Waals surface area contributed by atoms with Crippen molar-refractivity contribution in [2.24, 2.45) is 0 Å². The van der Waals surface area contributed by atoms with Gasteiger partial charge in [0.15, 0.2) is 0 Å². The van der Waals surface area contributed by atoms with E-state index in [1.54, 1.807) is 4.68 Å². The molecule has 39 heavy (non-hydrogen) atoms. The van der Waals surface area contributed by atoms with Gasteiger partial charge in [0.05, 0.1) is 47.4 Å². The van der Waals surface area contributed by atoms with Crippen LogP contribution in [0.15, 0.2) is 72.9 Å². The molecule has 0 saturated carbocycles. The molecule has 0 atom stereocenters. The first-order valence-electron chi connectivity index (χ1n) is 12.9. The number of rotatable bonds is 5. The Bertz CT molecular complexity index is 1840. The van der Waals surface area contributed by atoms with Gasteiger partial charge in [-0.3, -0.25) is 4.79 Å². The van der Waals surface area contributed by atoms with E-state index in [0.717, 1.165) is 70.9 Å². The second kappa shape index (κ2) is 9.14. The van der Waals surface area contributed by atoms with Crippen LogP contribution in [0.25, 0.3) is 38.8 Å². The summed E-state index contributed by atoms with van der Waals surface area (Å²) in [6.45, 7) is 5.25. The van der Waals surface area contributed by atoms with Gasteiger partial charge in [0.25, 0.3) is 0 Å². The number of carbonyl (C=O) groups is 1. The van der Waals surface area contributed by atoms with Gasteiger partial charge in [-0.15, -0.1) is 0 Å². The van der Waals surface area contributed by atoms with Crippen molar-refractivity contribution in [3.63, 3.8) is 0 Å². The van der Waals surface area contributed by atoms with Crippen LogP contribution in [0.3, 0.4) is 0 Å². The molecule has 4 N–H and O–H groups in total. The van der Waals surface area contributed by atoms with Crippen LogP contribution in [0.2, 0.25) is 0 Å². The number of nitrogens with zero attached hydrogens (tertiary/aromatic N) is 4. The van der Waals surface area contributed by atoms with E-state index >= 15 is 0 Å². The monoisotopic (exact) mass is 517 g/mol. The Balaban J connectivity index is 1.15. The summed E-state index contributed by atoms with van der Waals surface area (Å²) in [6.07, 6.45) is 1.52. The topological polar surface area (TPSA) is 118 Å². The van der Waals surface area contributed by atoms with E-state index in [9.17, 15) is 4.79 Å². The highest BCUT2D eigenvalue weighted by Gasteiger charge is 2.20. The molecule has 0 radical (unpaired) electrons. The lowest BCUT2D eigenvalue weighted by Gasteiger charge is -2.28. The van der Waals surface area contributed by atoms with Crippen LogP contribution in [0.4, 0.5) is 11.5 Å². The number of fused-ring (bicyclic) bond motifs is 2. The Hall–Kier alpha value is -4.89. The van der Waals surface area contributed by atoms with Gasteiger partial charge < -0.3 is 25.3 Å². The summed E-state index contributed by atoms with van der Waals surface area (Å²) in [5.74, 6) is 0.915. The van der Waals surface area contributed by atoms with Gasteiger partial charge in [0.1, 0.15) is 11.6 Å². The van der Waals surface area contributed by atoms with Gasteiger partial charge in [-0.1, -0.05) is 24.3 Å². The van der Waals surface area contributed by atoms with Crippen LogP contribution >= 0.6 is 0 Å². The number of H-pyrrole nitrogens is 2. The quantitative estimate of drug-likeness (QED) is 0.281. The van der Waals surface area contributed by atoms with Crippen molar-refractivity contribution in [1.82, 2.24) is 24.7 Å². The van der Waals surface area contributed by atoms with E-state index in [0.29, 0.717) is 11.3 Å². The first-order valence-corrected chi connectivity index (χ1v) is 12.9. The van der Waals surface area contributed by atoms with Crippen molar-refractivity contribution in [3.05, 3.63) is 90.0 Å². The lowest BCUT2D eigenvalue weighted by molar-refractivity contribution is 0.103. The molecule has 3 aromatic carbocycles. The minimum absolute atomic E-state index is 0.204. The van der Waals surface area contributed by atoms with Crippen LogP contribution in [-0.2, 0) is 4.74 Å². The third-order valence-electron chi connectivity index (χ3n) is 7.32. The molecule has 1 saturated heterocycles. The summed E-state index contributed by atoms with van der Waals surface area (Å²) in [6, 6.07) is 22.3. The summed E-state index contributed by atoms with van der Waals surface area (Å²) in [4.78, 5) is 26.7. The molecule has 0 aliphatic carbocycles. The number of ether oxygens (including phenoxy) is 1. The second-order valence-corrected chi connectivity index (χ2v) is 9.84. The van der Waals surface area contributed by atoms with Crippen molar-refractivity contribution >= 4 is 39.2 Å². The third-order valence-corrected chi connectivity index (χ3v) is 7.32. The molecule has 1 aliphatic heterocycles. The van der Waals surface area contributed by atoms with E-state index in [4.69, 9.17) is 10.5 Å². The number of imidazole rings is 1. The van der Waals surface area contributed by atoms with Crippen molar-refractivity contribution in [3.8, 4) is 16.8 Å². The number of anilines is 2. The lowest BCUT2D eigenvalue weighted by atomic mass is 10.0. The van der Waals surface area contributed by atoms with Gasteiger partial charge in [0.2, 0.25) is 5.78 Å². The smallest absolute Gasteiger partial charge is 0.214 e. The maximum absolute atomic E-state index is 13.4. The molecule has 0 amide bonds. The molecule has 0 spiro atoms. The highest BCUT2D eigenvalue weighted by Crippen LogP contribution is 2.29. The molecule has 1 fully saturated rings. The molecule has 4 heterocycles. The fourth-order valence-corrected chi connectivity index (χ4v) is 5.26. The number of aromatic nitrogens is 5. The Kier molecular flexibility index (Phi) is 5.45. The molecule has 9 nitrogen and oxygen atoms in total. The molecule has 0 bridgehead atoms. The molecule has 194 valence electrons. The molecule has 0 unspecified atom stereocenters. The average molecular weight is 518 g/mol. The van der Waals surface area contributed by atoms with Gasteiger partial charge in [-0.05, 0) is 60.5 Å². The summed E-state index contributed by atoms with van der Waals surface area (Å²) in [5.41, 5.74) is 14.0. The lowest BCUT2D eigenvalue weighted by Crippen LogP contribution is -2.36. The molecule has 3 aromatic heterocycles. The van der Waals surface area contributed by atoms with E-state index < -0.39 is 0 Å². The summed E-state index contributed by atoms with van der Waals surface area (Å²) >= 11 is 0. The average Bonchev–Trinajstić information content (AvgIpc) is 3.68. The number of hydrogen-bond acceptors (Lipinski definition) is 6. The zero-order valence-electron chi connectivity index (χ0n) is 21.4. The van der Waals surface area contributed by atoms with Crippen molar-refractivity contribution in [1.29, 1.82) is 0 Å². The number of morpholine rings is 1. The normalized spacial score (nSPS) is 13.9. The fraction of sp³-hybridized carbons (Fsp3) is 0.167. The van der Waals surface area contributed by atoms with Crippen LogP contribution < -0.4 is 10.6 Å². The van der Waals surface area contributed by atoms with Crippen LogP contribution in [0.1, 0.15) is 21.9 Å². The SMILES string of the molecule is Cc1nc2ccc(-n3ncc(C(=O)c4cc5ccc(-c6ccc(N7CCOCC7)cc6)cc5[nH]4)c3N)cc2[nH]1. The number of hydrogen-bond donors (Lipinski definition) is 3. The van der Waals surface area contributed by atoms with Gasteiger partial charge in [0, 0.05) is 29.7 Å². The molecule has 7 rings (SSSR count). The fourth-order valence-electron chi connectivity index (χ4n) is 5.26. The van der Waals surface area contributed by atoms with Gasteiger partial charge in [-0.25, -0.2) is 9.67 Å². The number of carbonyl (C=O) groups excluding carboxylic acids is 1. The highest BCUT2D eigenvalue weighted by molar-refractivity contribution is 6.12. The molecular weight excluding hydrogens is 490 g/mol. The highest BCUT2D eigenvalue weighted by atomic mass is 16.5. The number of nitrogens with two attached hydrogens (primary N) is 1. The predicted molar refractivity (Wildman–Crippen MR) is 153 cm³/mol. The van der Waals surface area contributed by atoms with E-state index in [1.165, 1.54) is 11.9 Å². The summed E-state index contributed by atoms with van der Waals surface area (Å²) in [5, 5.41) is 5.36. The van der Waals surface area contributed by atoms with Gasteiger partial charge in [-0.2, -0.15) is 5.10 Å². The largest absolute Gasteiger partial charge is 0.383 e. The minimum atomic E-state index is -0.204. The van der Waals surface area contributed by atoms with Crippen molar-refractivity contribution < 1.29 is 9.53 Å². The third kappa shape index (κ3) is 4.13. The zero-order chi connectivity index (χ0) is 26.5. The van der Waals surface area contributed by atoms with Crippen LogP contribution in [-0.4, -0.2) is 56.8 Å². The van der Waals surface area contributed by atoms with Crippen molar-refractivity contribution in [2.45, 2.75) is 6.92 Å². The Morgan fingerprint density at radius 1 is 0.897 bits per heavy atom. The molecule has 9 heteroatoms. The maximum Gasteiger partial charge on any atom is 0.214 e. The van der Waals surface area contributed by atoms with Crippen LogP contribution in [0, 0.1) is 6.92 Å².